The van der Waals surface area contributed by atoms with E-state index in [2.05, 4.69) is 26.1 Å². The van der Waals surface area contributed by atoms with Gasteiger partial charge in [-0.1, -0.05) is 20.3 Å². The molecule has 1 N–H and O–H groups in total. The maximum atomic E-state index is 3.22. The Morgan fingerprint density at radius 1 is 1.38 bits per heavy atom. The van der Waals surface area contributed by atoms with Crippen molar-refractivity contribution in [3.63, 3.8) is 0 Å². The molecule has 2 unspecified atom stereocenters. The molecule has 50 valence electrons. The number of hydrogen-bond donors (Lipinski definition) is 1. The molecule has 0 bridgehead atoms. The minimum atomic E-state index is 0.667. The van der Waals surface area contributed by atoms with Crippen LogP contribution >= 0.6 is 0 Å². The summed E-state index contributed by atoms with van der Waals surface area (Å²) in [5.74, 6) is 0.806. The highest BCUT2D eigenvalue weighted by Crippen LogP contribution is 2.04. The maximum absolute atomic E-state index is 3.22. The van der Waals surface area contributed by atoms with Crippen molar-refractivity contribution in [2.45, 2.75) is 33.2 Å². The molecule has 8 heavy (non-hydrogen) atoms. The Bertz CT molecular complexity index is 44.3. The van der Waals surface area contributed by atoms with E-state index in [-0.39, 0.29) is 0 Å². The summed E-state index contributed by atoms with van der Waals surface area (Å²) in [4.78, 5) is 0. The topological polar surface area (TPSA) is 12.0 Å². The molecule has 0 aromatic heterocycles. The van der Waals surface area contributed by atoms with Crippen LogP contribution in [0.4, 0.5) is 0 Å². The highest BCUT2D eigenvalue weighted by molar-refractivity contribution is 4.63. The van der Waals surface area contributed by atoms with Crippen molar-refractivity contribution in [2.75, 3.05) is 7.05 Å². The number of nitrogens with one attached hydrogen (secondary N) is 1. The first kappa shape index (κ1) is 7.96. The first-order valence-corrected chi connectivity index (χ1v) is 3.39. The molecule has 0 saturated carbocycles. The fourth-order valence-corrected chi connectivity index (χ4v) is 0.638. The molecule has 0 aliphatic carbocycles. The zero-order valence-electron chi connectivity index (χ0n) is 6.36. The van der Waals surface area contributed by atoms with Crippen molar-refractivity contribution in [3.8, 4) is 0 Å². The summed E-state index contributed by atoms with van der Waals surface area (Å²) in [6.07, 6.45) is 1.27. The summed E-state index contributed by atoms with van der Waals surface area (Å²) in [5, 5.41) is 3.22. The van der Waals surface area contributed by atoms with E-state index in [1.54, 1.807) is 0 Å². The molecule has 0 rings (SSSR count). The normalized spacial score (nSPS) is 18.0. The van der Waals surface area contributed by atoms with Crippen LogP contribution in [0.5, 0.6) is 0 Å². The van der Waals surface area contributed by atoms with Gasteiger partial charge in [0.2, 0.25) is 0 Å². The molecule has 0 heterocycles. The van der Waals surface area contributed by atoms with Gasteiger partial charge in [0.15, 0.2) is 0 Å². The average Bonchev–Trinajstić information content (AvgIpc) is 1.84. The minimum Gasteiger partial charge on any atom is -0.317 e. The molecule has 0 aromatic rings. The Balaban J connectivity index is 3.29. The Kier molecular flexibility index (Phi) is 3.88. The van der Waals surface area contributed by atoms with Crippen molar-refractivity contribution in [1.82, 2.24) is 5.32 Å². The van der Waals surface area contributed by atoms with E-state index in [1.807, 2.05) is 7.05 Å². The van der Waals surface area contributed by atoms with Gasteiger partial charge in [-0.15, -0.1) is 0 Å². The van der Waals surface area contributed by atoms with Crippen LogP contribution < -0.4 is 5.32 Å². The second-order valence-corrected chi connectivity index (χ2v) is 2.46. The van der Waals surface area contributed by atoms with Gasteiger partial charge in [-0.2, -0.15) is 0 Å². The third kappa shape index (κ3) is 2.31. The molecule has 0 amide bonds. The van der Waals surface area contributed by atoms with Crippen molar-refractivity contribution in [3.05, 3.63) is 0 Å². The van der Waals surface area contributed by atoms with Gasteiger partial charge in [0.1, 0.15) is 0 Å². The summed E-state index contributed by atoms with van der Waals surface area (Å²) in [7, 11) is 2.01. The predicted octanol–water partition coefficient (Wildman–Crippen LogP) is 1.64. The van der Waals surface area contributed by atoms with E-state index in [1.165, 1.54) is 6.42 Å². The predicted molar refractivity (Wildman–Crippen MR) is 38.0 cm³/mol. The van der Waals surface area contributed by atoms with Crippen LogP contribution in [0.3, 0.4) is 0 Å². The number of rotatable bonds is 3. The van der Waals surface area contributed by atoms with E-state index >= 15 is 0 Å². The first-order chi connectivity index (χ1) is 3.72. The second kappa shape index (κ2) is 3.90. The van der Waals surface area contributed by atoms with Crippen molar-refractivity contribution < 1.29 is 0 Å². The van der Waals surface area contributed by atoms with Crippen LogP contribution in [0.15, 0.2) is 0 Å². The van der Waals surface area contributed by atoms with Gasteiger partial charge in [0, 0.05) is 6.04 Å². The Hall–Kier alpha value is -0.0400. The fourth-order valence-electron chi connectivity index (χ4n) is 0.638. The van der Waals surface area contributed by atoms with Crippen LogP contribution in [0.2, 0.25) is 0 Å². The Labute approximate surface area is 52.5 Å². The first-order valence-electron chi connectivity index (χ1n) is 3.39. The van der Waals surface area contributed by atoms with Gasteiger partial charge >= 0.3 is 0 Å². The molecule has 0 spiro atoms. The SMILES string of the molecule is CCC(C)C(C)NC. The lowest BCUT2D eigenvalue weighted by Gasteiger charge is -2.16. The molecule has 0 aliphatic rings. The summed E-state index contributed by atoms with van der Waals surface area (Å²) >= 11 is 0. The fraction of sp³-hybridized carbons (Fsp3) is 1.00. The van der Waals surface area contributed by atoms with Crippen molar-refractivity contribution in [1.29, 1.82) is 0 Å². The standard InChI is InChI=1S/C7H17N/c1-5-6(2)7(3)8-4/h6-8H,5H2,1-4H3. The van der Waals surface area contributed by atoms with Gasteiger partial charge in [0.25, 0.3) is 0 Å². The smallest absolute Gasteiger partial charge is 0.00612 e. The lowest BCUT2D eigenvalue weighted by atomic mass is 10.0. The Morgan fingerprint density at radius 3 is 2.00 bits per heavy atom. The lowest BCUT2D eigenvalue weighted by Crippen LogP contribution is -2.27. The highest BCUT2D eigenvalue weighted by atomic mass is 14.9. The highest BCUT2D eigenvalue weighted by Gasteiger charge is 2.04. The molecule has 1 nitrogen and oxygen atoms in total. The van der Waals surface area contributed by atoms with Gasteiger partial charge in [-0.05, 0) is 19.9 Å². The molecule has 0 radical (unpaired) electrons. The third-order valence-corrected chi connectivity index (χ3v) is 1.95. The monoisotopic (exact) mass is 115 g/mol. The van der Waals surface area contributed by atoms with Crippen LogP contribution in [0.25, 0.3) is 0 Å². The summed E-state index contributed by atoms with van der Waals surface area (Å²) in [6.45, 7) is 6.70. The van der Waals surface area contributed by atoms with Gasteiger partial charge < -0.3 is 5.32 Å². The van der Waals surface area contributed by atoms with Crippen molar-refractivity contribution in [2.24, 2.45) is 5.92 Å². The lowest BCUT2D eigenvalue weighted by molar-refractivity contribution is 0.415. The zero-order valence-corrected chi connectivity index (χ0v) is 6.36. The zero-order chi connectivity index (χ0) is 6.57. The van der Waals surface area contributed by atoms with E-state index in [0.717, 1.165) is 5.92 Å². The Morgan fingerprint density at radius 2 is 1.88 bits per heavy atom. The summed E-state index contributed by atoms with van der Waals surface area (Å²) < 4.78 is 0. The second-order valence-electron chi connectivity index (χ2n) is 2.46. The van der Waals surface area contributed by atoms with Gasteiger partial charge in [0.05, 0.1) is 0 Å². The maximum Gasteiger partial charge on any atom is 0.00612 e. The molecular weight excluding hydrogens is 98.1 g/mol. The van der Waals surface area contributed by atoms with Crippen LogP contribution in [0, 0.1) is 5.92 Å². The number of hydrogen-bond acceptors (Lipinski definition) is 1. The van der Waals surface area contributed by atoms with E-state index in [0.29, 0.717) is 6.04 Å². The van der Waals surface area contributed by atoms with E-state index in [9.17, 15) is 0 Å². The molecule has 0 saturated heterocycles. The summed E-state index contributed by atoms with van der Waals surface area (Å²) in [6, 6.07) is 0.667. The molecule has 0 aliphatic heterocycles. The molecule has 0 fully saturated rings. The van der Waals surface area contributed by atoms with Crippen molar-refractivity contribution >= 4 is 0 Å². The average molecular weight is 115 g/mol. The van der Waals surface area contributed by atoms with Gasteiger partial charge in [-0.25, -0.2) is 0 Å². The third-order valence-electron chi connectivity index (χ3n) is 1.95. The quantitative estimate of drug-likeness (QED) is 0.589. The van der Waals surface area contributed by atoms with Gasteiger partial charge in [-0.3, -0.25) is 0 Å². The molecule has 1 heteroatoms. The minimum absolute atomic E-state index is 0.667. The van der Waals surface area contributed by atoms with Crippen LogP contribution in [0.1, 0.15) is 27.2 Å². The molecular formula is C7H17N. The van der Waals surface area contributed by atoms with E-state index in [4.69, 9.17) is 0 Å². The molecule has 0 aromatic carbocycles. The molecule has 2 atom stereocenters. The van der Waals surface area contributed by atoms with Crippen LogP contribution in [-0.4, -0.2) is 13.1 Å². The van der Waals surface area contributed by atoms with Crippen LogP contribution in [-0.2, 0) is 0 Å². The summed E-state index contributed by atoms with van der Waals surface area (Å²) in [5.41, 5.74) is 0. The van der Waals surface area contributed by atoms with E-state index < -0.39 is 0 Å². The largest absolute Gasteiger partial charge is 0.317 e.